The average molecular weight is 210 g/mol. The molecule has 1 unspecified atom stereocenters. The van der Waals surface area contributed by atoms with Crippen molar-refractivity contribution in [2.24, 2.45) is 11.3 Å². The predicted octanol–water partition coefficient (Wildman–Crippen LogP) is 3.22. The second-order valence-electron chi connectivity index (χ2n) is 5.34. The number of H-pyrrole nitrogens is 2. The van der Waals surface area contributed by atoms with Crippen molar-refractivity contribution < 1.29 is 0 Å². The van der Waals surface area contributed by atoms with E-state index in [2.05, 4.69) is 30.7 Å². The molecular formula is C11H18N2S. The summed E-state index contributed by atoms with van der Waals surface area (Å²) in [6.45, 7) is 6.97. The smallest absolute Gasteiger partial charge is 0.174 e. The van der Waals surface area contributed by atoms with E-state index in [0.29, 0.717) is 5.41 Å². The maximum atomic E-state index is 5.10. The zero-order valence-electron chi connectivity index (χ0n) is 9.11. The molecule has 3 heteroatoms. The van der Waals surface area contributed by atoms with Gasteiger partial charge < -0.3 is 9.97 Å². The number of aromatic amines is 2. The Bertz CT molecular complexity index is 381. The average Bonchev–Trinajstić information content (AvgIpc) is 2.41. The molecule has 1 atom stereocenters. The first kappa shape index (κ1) is 9.97. The quantitative estimate of drug-likeness (QED) is 0.633. The molecule has 0 aromatic carbocycles. The molecular weight excluding hydrogens is 192 g/mol. The number of aromatic nitrogens is 2. The molecule has 0 aliphatic heterocycles. The summed E-state index contributed by atoms with van der Waals surface area (Å²) in [4.78, 5) is 6.49. The molecule has 1 aromatic rings. The zero-order chi connectivity index (χ0) is 10.3. The summed E-state index contributed by atoms with van der Waals surface area (Å²) in [6.07, 6.45) is 3.57. The maximum Gasteiger partial charge on any atom is 0.174 e. The second kappa shape index (κ2) is 3.23. The number of nitrogens with one attached hydrogen (secondary N) is 2. The highest BCUT2D eigenvalue weighted by molar-refractivity contribution is 7.71. The largest absolute Gasteiger partial charge is 0.334 e. The van der Waals surface area contributed by atoms with Gasteiger partial charge >= 0.3 is 0 Å². The van der Waals surface area contributed by atoms with Gasteiger partial charge in [-0.2, -0.15) is 0 Å². The van der Waals surface area contributed by atoms with E-state index in [9.17, 15) is 0 Å². The first-order valence-corrected chi connectivity index (χ1v) is 5.67. The molecule has 2 nitrogen and oxygen atoms in total. The highest BCUT2D eigenvalue weighted by Crippen LogP contribution is 2.36. The highest BCUT2D eigenvalue weighted by Gasteiger charge is 2.29. The Kier molecular flexibility index (Phi) is 2.30. The first-order chi connectivity index (χ1) is 6.47. The van der Waals surface area contributed by atoms with Crippen LogP contribution in [-0.4, -0.2) is 9.97 Å². The van der Waals surface area contributed by atoms with E-state index in [1.54, 1.807) is 0 Å². The molecule has 14 heavy (non-hydrogen) atoms. The third-order valence-electron chi connectivity index (χ3n) is 3.31. The summed E-state index contributed by atoms with van der Waals surface area (Å²) < 4.78 is 0.782. The number of hydrogen-bond donors (Lipinski definition) is 2. The van der Waals surface area contributed by atoms with Crippen LogP contribution in [-0.2, 0) is 12.8 Å². The number of rotatable bonds is 0. The Morgan fingerprint density at radius 1 is 1.21 bits per heavy atom. The van der Waals surface area contributed by atoms with Gasteiger partial charge in [0.05, 0.1) is 0 Å². The Labute approximate surface area is 90.1 Å². The Morgan fingerprint density at radius 2 is 1.86 bits per heavy atom. The van der Waals surface area contributed by atoms with Gasteiger partial charge in [0.15, 0.2) is 4.77 Å². The van der Waals surface area contributed by atoms with Crippen molar-refractivity contribution in [2.45, 2.75) is 40.0 Å². The van der Waals surface area contributed by atoms with Gasteiger partial charge in [-0.15, -0.1) is 0 Å². The van der Waals surface area contributed by atoms with Crippen LogP contribution < -0.4 is 0 Å². The van der Waals surface area contributed by atoms with Crippen LogP contribution in [0.1, 0.15) is 38.6 Å². The molecule has 1 aliphatic rings. The van der Waals surface area contributed by atoms with Gasteiger partial charge in [-0.25, -0.2) is 0 Å². The Morgan fingerprint density at radius 3 is 2.50 bits per heavy atom. The van der Waals surface area contributed by atoms with E-state index in [1.807, 2.05) is 0 Å². The van der Waals surface area contributed by atoms with Crippen molar-refractivity contribution in [3.63, 3.8) is 0 Å². The number of imidazole rings is 1. The van der Waals surface area contributed by atoms with Crippen molar-refractivity contribution in [3.05, 3.63) is 16.2 Å². The van der Waals surface area contributed by atoms with Crippen LogP contribution >= 0.6 is 12.2 Å². The molecule has 0 saturated carbocycles. The lowest BCUT2D eigenvalue weighted by atomic mass is 9.73. The minimum atomic E-state index is 0.407. The molecule has 0 radical (unpaired) electrons. The number of hydrogen-bond acceptors (Lipinski definition) is 1. The van der Waals surface area contributed by atoms with Crippen LogP contribution in [0, 0.1) is 16.1 Å². The molecule has 1 aromatic heterocycles. The van der Waals surface area contributed by atoms with Crippen molar-refractivity contribution in [1.29, 1.82) is 0 Å². The third-order valence-corrected chi connectivity index (χ3v) is 3.52. The summed E-state index contributed by atoms with van der Waals surface area (Å²) in [5, 5.41) is 0. The molecule has 0 bridgehead atoms. The molecule has 0 fully saturated rings. The standard InChI is InChI=1S/C11H18N2S/c1-11(2,3)7-4-5-8-9(6-7)13-10(14)12-8/h7H,4-6H2,1-3H3,(H2,12,13,14). The third kappa shape index (κ3) is 1.78. The summed E-state index contributed by atoms with van der Waals surface area (Å²) in [5.41, 5.74) is 3.07. The summed E-state index contributed by atoms with van der Waals surface area (Å²) >= 11 is 5.10. The SMILES string of the molecule is CC(C)(C)C1CCc2[nH]c(=S)[nH]c2C1. The Balaban J connectivity index is 2.25. The minimum absolute atomic E-state index is 0.407. The molecule has 0 spiro atoms. The number of aryl methyl sites for hydroxylation is 1. The molecule has 1 aliphatic carbocycles. The van der Waals surface area contributed by atoms with Gasteiger partial charge in [-0.05, 0) is 42.8 Å². The van der Waals surface area contributed by atoms with Crippen LogP contribution in [0.15, 0.2) is 0 Å². The lowest BCUT2D eigenvalue weighted by Gasteiger charge is -2.33. The van der Waals surface area contributed by atoms with E-state index in [1.165, 1.54) is 17.8 Å². The molecule has 1 heterocycles. The fraction of sp³-hybridized carbons (Fsp3) is 0.727. The molecule has 2 N–H and O–H groups in total. The van der Waals surface area contributed by atoms with Gasteiger partial charge in [0.1, 0.15) is 0 Å². The van der Waals surface area contributed by atoms with Crippen LogP contribution in [0.4, 0.5) is 0 Å². The van der Waals surface area contributed by atoms with Crippen molar-refractivity contribution in [3.8, 4) is 0 Å². The van der Waals surface area contributed by atoms with Crippen LogP contribution in [0.3, 0.4) is 0 Å². The monoisotopic (exact) mass is 210 g/mol. The Hall–Kier alpha value is -0.570. The van der Waals surface area contributed by atoms with Gasteiger partial charge in [-0.1, -0.05) is 20.8 Å². The molecule has 0 saturated heterocycles. The summed E-state index contributed by atoms with van der Waals surface area (Å²) in [7, 11) is 0. The summed E-state index contributed by atoms with van der Waals surface area (Å²) in [6, 6.07) is 0. The number of fused-ring (bicyclic) bond motifs is 1. The predicted molar refractivity (Wildman–Crippen MR) is 60.9 cm³/mol. The lowest BCUT2D eigenvalue weighted by Crippen LogP contribution is -2.26. The highest BCUT2D eigenvalue weighted by atomic mass is 32.1. The van der Waals surface area contributed by atoms with E-state index in [-0.39, 0.29) is 0 Å². The fourth-order valence-corrected chi connectivity index (χ4v) is 2.50. The van der Waals surface area contributed by atoms with Gasteiger partial charge in [-0.3, -0.25) is 0 Å². The van der Waals surface area contributed by atoms with Gasteiger partial charge in [0.25, 0.3) is 0 Å². The lowest BCUT2D eigenvalue weighted by molar-refractivity contribution is 0.214. The van der Waals surface area contributed by atoms with E-state index >= 15 is 0 Å². The topological polar surface area (TPSA) is 31.6 Å². The van der Waals surface area contributed by atoms with Crippen LogP contribution in [0.2, 0.25) is 0 Å². The van der Waals surface area contributed by atoms with E-state index < -0.39 is 0 Å². The van der Waals surface area contributed by atoms with Crippen molar-refractivity contribution in [1.82, 2.24) is 9.97 Å². The summed E-state index contributed by atoms with van der Waals surface area (Å²) in [5.74, 6) is 0.774. The second-order valence-corrected chi connectivity index (χ2v) is 5.75. The van der Waals surface area contributed by atoms with Crippen LogP contribution in [0.5, 0.6) is 0 Å². The van der Waals surface area contributed by atoms with Gasteiger partial charge in [0, 0.05) is 11.4 Å². The van der Waals surface area contributed by atoms with E-state index in [4.69, 9.17) is 12.2 Å². The minimum Gasteiger partial charge on any atom is -0.334 e. The fourth-order valence-electron chi connectivity index (χ4n) is 2.25. The maximum absolute atomic E-state index is 5.10. The van der Waals surface area contributed by atoms with Crippen LogP contribution in [0.25, 0.3) is 0 Å². The van der Waals surface area contributed by atoms with Crippen molar-refractivity contribution >= 4 is 12.2 Å². The first-order valence-electron chi connectivity index (χ1n) is 5.27. The van der Waals surface area contributed by atoms with E-state index in [0.717, 1.165) is 23.5 Å². The molecule has 78 valence electrons. The molecule has 0 amide bonds. The zero-order valence-corrected chi connectivity index (χ0v) is 9.92. The van der Waals surface area contributed by atoms with Gasteiger partial charge in [0.2, 0.25) is 0 Å². The normalized spacial score (nSPS) is 22.1. The molecule has 2 rings (SSSR count). The van der Waals surface area contributed by atoms with Crippen molar-refractivity contribution in [2.75, 3.05) is 0 Å².